The molecule has 0 radical (unpaired) electrons. The molecule has 2 amide bonds. The number of nitrogens with zero attached hydrogens (tertiary/aromatic N) is 2. The third kappa shape index (κ3) is 3.96. The van der Waals surface area contributed by atoms with Crippen LogP contribution < -0.4 is 10.6 Å². The van der Waals surface area contributed by atoms with E-state index in [0.29, 0.717) is 18.1 Å². The number of benzene rings is 1. The smallest absolute Gasteiger partial charge is 0.291 e. The predicted octanol–water partition coefficient (Wildman–Crippen LogP) is 4.04. The van der Waals surface area contributed by atoms with Crippen molar-refractivity contribution in [2.24, 2.45) is 0 Å². The number of imidazole rings is 1. The number of amides is 2. The first-order valence-electron chi connectivity index (χ1n) is 10.1. The summed E-state index contributed by atoms with van der Waals surface area (Å²) in [6.07, 6.45) is 2.75. The van der Waals surface area contributed by atoms with Crippen LogP contribution in [0.1, 0.15) is 84.4 Å². The number of rotatable bonds is 5. The number of aryl methyl sites for hydroxylation is 1. The van der Waals surface area contributed by atoms with Gasteiger partial charge in [-0.2, -0.15) is 0 Å². The number of aromatic nitrogens is 2. The first-order chi connectivity index (χ1) is 13.3. The zero-order valence-electron chi connectivity index (χ0n) is 17.4. The maximum absolute atomic E-state index is 13.1. The summed E-state index contributed by atoms with van der Waals surface area (Å²) in [7, 11) is 0. The van der Waals surface area contributed by atoms with Crippen molar-refractivity contribution in [3.63, 3.8) is 0 Å². The number of para-hydroxylation sites is 1. The van der Waals surface area contributed by atoms with E-state index in [1.54, 1.807) is 0 Å². The average molecular weight is 383 g/mol. The second-order valence-electron chi connectivity index (χ2n) is 8.12. The molecule has 0 spiro atoms. The fraction of sp³-hybridized carbons (Fsp3) is 0.500. The topological polar surface area (TPSA) is 76.0 Å². The van der Waals surface area contributed by atoms with Gasteiger partial charge in [0.2, 0.25) is 0 Å². The number of carbonyl (C=O) groups excluding carboxylic acids is 2. The largest absolute Gasteiger partial charge is 0.348 e. The second-order valence-corrected chi connectivity index (χ2v) is 8.12. The summed E-state index contributed by atoms with van der Waals surface area (Å²) in [5.41, 5.74) is 4.19. The quantitative estimate of drug-likeness (QED) is 0.819. The van der Waals surface area contributed by atoms with E-state index < -0.39 is 0 Å². The van der Waals surface area contributed by atoms with Crippen LogP contribution in [0.2, 0.25) is 0 Å². The van der Waals surface area contributed by atoms with E-state index in [4.69, 9.17) is 0 Å². The second kappa shape index (κ2) is 8.17. The minimum atomic E-state index is -0.261. The molecule has 1 aromatic carbocycles. The molecule has 0 unspecified atom stereocenters. The van der Waals surface area contributed by atoms with Crippen LogP contribution in [-0.2, 0) is 13.0 Å². The lowest BCUT2D eigenvalue weighted by Crippen LogP contribution is -2.31. The average Bonchev–Trinajstić information content (AvgIpc) is 3.02. The van der Waals surface area contributed by atoms with Gasteiger partial charge in [-0.3, -0.25) is 9.59 Å². The summed E-state index contributed by atoms with van der Waals surface area (Å²) in [5.74, 6) is 0.139. The molecule has 0 saturated carbocycles. The standard InChI is InChI=1S/C22H30N4O2/c1-13(2)16-10-8-9-15(5)18(16)25-22(28)20-24-19(21(27)23-14(3)4)17-11-6-7-12-26(17)20/h8-10,13-14H,6-7,11-12H2,1-5H3,(H,23,27)(H,25,28). The molecule has 2 aromatic rings. The summed E-state index contributed by atoms with van der Waals surface area (Å²) in [6.45, 7) is 10.8. The molecule has 0 saturated heterocycles. The maximum Gasteiger partial charge on any atom is 0.291 e. The molecule has 0 bridgehead atoms. The summed E-state index contributed by atoms with van der Waals surface area (Å²) in [6, 6.07) is 6.05. The minimum absolute atomic E-state index is 0.0197. The van der Waals surface area contributed by atoms with Crippen LogP contribution in [0.5, 0.6) is 0 Å². The van der Waals surface area contributed by atoms with Crippen LogP contribution in [0.25, 0.3) is 0 Å². The fourth-order valence-electron chi connectivity index (χ4n) is 3.74. The van der Waals surface area contributed by atoms with Crippen LogP contribution in [0.4, 0.5) is 5.69 Å². The molecule has 1 aromatic heterocycles. The minimum Gasteiger partial charge on any atom is -0.348 e. The van der Waals surface area contributed by atoms with Gasteiger partial charge in [-0.25, -0.2) is 4.98 Å². The molecule has 1 aliphatic rings. The fourth-order valence-corrected chi connectivity index (χ4v) is 3.74. The van der Waals surface area contributed by atoms with Crippen molar-refractivity contribution < 1.29 is 9.59 Å². The lowest BCUT2D eigenvalue weighted by atomic mass is 9.98. The SMILES string of the molecule is Cc1cccc(C(C)C)c1NC(=O)c1nc(C(=O)NC(C)C)c2n1CCCC2. The van der Waals surface area contributed by atoms with Gasteiger partial charge in [-0.1, -0.05) is 32.0 Å². The Balaban J connectivity index is 1.97. The number of hydrogen-bond donors (Lipinski definition) is 2. The molecule has 0 fully saturated rings. The van der Waals surface area contributed by atoms with E-state index in [-0.39, 0.29) is 23.8 Å². The zero-order chi connectivity index (χ0) is 20.4. The van der Waals surface area contributed by atoms with E-state index in [2.05, 4.69) is 29.5 Å². The number of carbonyl (C=O) groups is 2. The third-order valence-electron chi connectivity index (χ3n) is 5.12. The number of hydrogen-bond acceptors (Lipinski definition) is 3. The first-order valence-corrected chi connectivity index (χ1v) is 10.1. The third-order valence-corrected chi connectivity index (χ3v) is 5.12. The van der Waals surface area contributed by atoms with Crippen LogP contribution in [0, 0.1) is 6.92 Å². The van der Waals surface area contributed by atoms with Gasteiger partial charge < -0.3 is 15.2 Å². The molecular weight excluding hydrogens is 352 g/mol. The van der Waals surface area contributed by atoms with Gasteiger partial charge in [-0.05, 0) is 57.1 Å². The van der Waals surface area contributed by atoms with Crippen molar-refractivity contribution in [1.82, 2.24) is 14.9 Å². The van der Waals surface area contributed by atoms with Crippen molar-refractivity contribution in [3.8, 4) is 0 Å². The van der Waals surface area contributed by atoms with E-state index in [0.717, 1.165) is 41.8 Å². The molecule has 6 nitrogen and oxygen atoms in total. The molecule has 2 N–H and O–H groups in total. The van der Waals surface area contributed by atoms with E-state index in [1.807, 2.05) is 43.5 Å². The summed E-state index contributed by atoms with van der Waals surface area (Å²) in [5, 5.41) is 5.96. The maximum atomic E-state index is 13.1. The highest BCUT2D eigenvalue weighted by atomic mass is 16.2. The number of anilines is 1. The lowest BCUT2D eigenvalue weighted by Gasteiger charge is -2.19. The Labute approximate surface area is 166 Å². The Morgan fingerprint density at radius 3 is 2.54 bits per heavy atom. The monoisotopic (exact) mass is 382 g/mol. The summed E-state index contributed by atoms with van der Waals surface area (Å²) < 4.78 is 1.92. The Morgan fingerprint density at radius 1 is 1.11 bits per heavy atom. The molecule has 28 heavy (non-hydrogen) atoms. The molecule has 6 heteroatoms. The van der Waals surface area contributed by atoms with Gasteiger partial charge in [0.25, 0.3) is 11.8 Å². The van der Waals surface area contributed by atoms with Gasteiger partial charge in [0.15, 0.2) is 5.82 Å². The Hall–Kier alpha value is -2.63. The van der Waals surface area contributed by atoms with Gasteiger partial charge in [0.05, 0.1) is 5.69 Å². The van der Waals surface area contributed by atoms with E-state index in [9.17, 15) is 9.59 Å². The van der Waals surface area contributed by atoms with E-state index in [1.165, 1.54) is 0 Å². The van der Waals surface area contributed by atoms with Crippen molar-refractivity contribution in [1.29, 1.82) is 0 Å². The van der Waals surface area contributed by atoms with E-state index >= 15 is 0 Å². The summed E-state index contributed by atoms with van der Waals surface area (Å²) in [4.78, 5) is 30.2. The molecular formula is C22H30N4O2. The highest BCUT2D eigenvalue weighted by Gasteiger charge is 2.28. The first kappa shape index (κ1) is 20.1. The lowest BCUT2D eigenvalue weighted by molar-refractivity contribution is 0.0937. The van der Waals surface area contributed by atoms with Gasteiger partial charge in [-0.15, -0.1) is 0 Å². The molecule has 0 atom stereocenters. The molecule has 2 heterocycles. The normalized spacial score (nSPS) is 13.5. The van der Waals surface area contributed by atoms with Crippen molar-refractivity contribution in [2.75, 3.05) is 5.32 Å². The Morgan fingerprint density at radius 2 is 1.86 bits per heavy atom. The number of nitrogens with one attached hydrogen (secondary N) is 2. The van der Waals surface area contributed by atoms with Crippen molar-refractivity contribution in [2.45, 2.75) is 72.4 Å². The molecule has 150 valence electrons. The molecule has 0 aliphatic carbocycles. The van der Waals surface area contributed by atoms with Crippen LogP contribution >= 0.6 is 0 Å². The highest BCUT2D eigenvalue weighted by Crippen LogP contribution is 2.28. The van der Waals surface area contributed by atoms with Gasteiger partial charge >= 0.3 is 0 Å². The Bertz CT molecular complexity index is 896. The van der Waals surface area contributed by atoms with Crippen molar-refractivity contribution in [3.05, 3.63) is 46.5 Å². The predicted molar refractivity (Wildman–Crippen MR) is 111 cm³/mol. The van der Waals surface area contributed by atoms with Gasteiger partial charge in [0.1, 0.15) is 5.69 Å². The molecule has 3 rings (SSSR count). The number of fused-ring (bicyclic) bond motifs is 1. The van der Waals surface area contributed by atoms with Crippen molar-refractivity contribution >= 4 is 17.5 Å². The summed E-state index contributed by atoms with van der Waals surface area (Å²) >= 11 is 0. The van der Waals surface area contributed by atoms with Crippen LogP contribution in [0.15, 0.2) is 18.2 Å². The zero-order valence-corrected chi connectivity index (χ0v) is 17.4. The van der Waals surface area contributed by atoms with Crippen LogP contribution in [-0.4, -0.2) is 27.4 Å². The highest BCUT2D eigenvalue weighted by molar-refractivity contribution is 6.04. The molecule has 1 aliphatic heterocycles. The van der Waals surface area contributed by atoms with Crippen LogP contribution in [0.3, 0.4) is 0 Å². The van der Waals surface area contributed by atoms with Gasteiger partial charge in [0, 0.05) is 18.3 Å². The Kier molecular flexibility index (Phi) is 5.87.